The number of carbonyl (C=O) groups excluding carboxylic acids is 1. The van der Waals surface area contributed by atoms with Crippen molar-refractivity contribution in [2.45, 2.75) is 44.1 Å². The van der Waals surface area contributed by atoms with Crippen LogP contribution in [0, 0.1) is 17.8 Å². The summed E-state index contributed by atoms with van der Waals surface area (Å²) in [6.07, 6.45) is 7.74. The molecule has 0 aromatic carbocycles. The van der Waals surface area contributed by atoms with Gasteiger partial charge in [-0.1, -0.05) is 6.07 Å². The Morgan fingerprint density at radius 3 is 2.27 bits per heavy atom. The molecule has 1 saturated heterocycles. The molecule has 0 radical (unpaired) electrons. The average Bonchev–Trinajstić information content (AvgIpc) is 2.61. The second-order valence-electron chi connectivity index (χ2n) is 9.32. The highest BCUT2D eigenvalue weighted by atomic mass is 16.2. The third-order valence-electron chi connectivity index (χ3n) is 7.21. The molecule has 6 rings (SSSR count). The number of piperazine rings is 1. The van der Waals surface area contributed by atoms with Crippen LogP contribution >= 0.6 is 0 Å². The SMILES string of the molecule is CN1CCN(c2cccc(C(=O)NC34CC5CC(CC(C5)C3)C4)n2)CC1. The zero-order valence-corrected chi connectivity index (χ0v) is 15.8. The number of hydrogen-bond donors (Lipinski definition) is 1. The largest absolute Gasteiger partial charge is 0.354 e. The van der Waals surface area contributed by atoms with Gasteiger partial charge in [-0.2, -0.15) is 0 Å². The summed E-state index contributed by atoms with van der Waals surface area (Å²) in [5.74, 6) is 3.49. The van der Waals surface area contributed by atoms with E-state index in [1.807, 2.05) is 18.2 Å². The molecule has 5 heteroatoms. The van der Waals surface area contributed by atoms with Gasteiger partial charge in [0.25, 0.3) is 5.91 Å². The zero-order chi connectivity index (χ0) is 17.7. The van der Waals surface area contributed by atoms with Crippen molar-refractivity contribution in [1.29, 1.82) is 0 Å². The third-order valence-corrected chi connectivity index (χ3v) is 7.21. The first-order valence-corrected chi connectivity index (χ1v) is 10.3. The predicted molar refractivity (Wildman–Crippen MR) is 102 cm³/mol. The Labute approximate surface area is 156 Å². The Morgan fingerprint density at radius 1 is 1.04 bits per heavy atom. The molecule has 0 atom stereocenters. The lowest BCUT2D eigenvalue weighted by atomic mass is 9.53. The molecule has 4 saturated carbocycles. The van der Waals surface area contributed by atoms with Gasteiger partial charge in [-0.3, -0.25) is 4.79 Å². The van der Waals surface area contributed by atoms with Gasteiger partial charge in [-0.05, 0) is 75.5 Å². The van der Waals surface area contributed by atoms with Crippen LogP contribution in [0.5, 0.6) is 0 Å². The monoisotopic (exact) mass is 354 g/mol. The molecule has 1 N–H and O–H groups in total. The van der Waals surface area contributed by atoms with Gasteiger partial charge in [-0.25, -0.2) is 4.98 Å². The van der Waals surface area contributed by atoms with E-state index in [0.717, 1.165) is 49.8 Å². The van der Waals surface area contributed by atoms with E-state index in [1.165, 1.54) is 38.5 Å². The normalized spacial score (nSPS) is 36.3. The fourth-order valence-corrected chi connectivity index (χ4v) is 6.33. The maximum atomic E-state index is 13.0. The van der Waals surface area contributed by atoms with Crippen LogP contribution in [-0.4, -0.2) is 54.6 Å². The third kappa shape index (κ3) is 3.00. The number of pyridine rings is 1. The summed E-state index contributed by atoms with van der Waals surface area (Å²) in [5, 5.41) is 3.45. The summed E-state index contributed by atoms with van der Waals surface area (Å²) in [5.41, 5.74) is 0.634. The topological polar surface area (TPSA) is 48.5 Å². The van der Waals surface area contributed by atoms with E-state index in [0.29, 0.717) is 5.69 Å². The smallest absolute Gasteiger partial charge is 0.270 e. The van der Waals surface area contributed by atoms with Gasteiger partial charge in [0, 0.05) is 31.7 Å². The van der Waals surface area contributed by atoms with Gasteiger partial charge in [0.1, 0.15) is 11.5 Å². The molecule has 1 aromatic rings. The number of aromatic nitrogens is 1. The Kier molecular flexibility index (Phi) is 3.96. The number of nitrogens with one attached hydrogen (secondary N) is 1. The quantitative estimate of drug-likeness (QED) is 0.906. The minimum atomic E-state index is 0.0305. The molecular weight excluding hydrogens is 324 g/mol. The van der Waals surface area contributed by atoms with Crippen molar-refractivity contribution >= 4 is 11.7 Å². The molecule has 0 spiro atoms. The molecule has 1 amide bonds. The van der Waals surface area contributed by atoms with Crippen molar-refractivity contribution in [3.05, 3.63) is 23.9 Å². The van der Waals surface area contributed by atoms with E-state index in [1.54, 1.807) is 0 Å². The summed E-state index contributed by atoms with van der Waals surface area (Å²) < 4.78 is 0. The summed E-state index contributed by atoms with van der Waals surface area (Å²) in [4.78, 5) is 22.4. The number of likely N-dealkylation sites (N-methyl/N-ethyl adjacent to an activating group) is 1. The highest BCUT2D eigenvalue weighted by Gasteiger charge is 2.51. The van der Waals surface area contributed by atoms with Crippen LogP contribution in [0.1, 0.15) is 49.0 Å². The molecule has 1 aromatic heterocycles. The molecule has 26 heavy (non-hydrogen) atoms. The fraction of sp³-hybridized carbons (Fsp3) is 0.714. The van der Waals surface area contributed by atoms with Crippen LogP contribution in [0.15, 0.2) is 18.2 Å². The maximum Gasteiger partial charge on any atom is 0.270 e. The number of hydrogen-bond acceptors (Lipinski definition) is 4. The van der Waals surface area contributed by atoms with E-state index >= 15 is 0 Å². The second-order valence-corrected chi connectivity index (χ2v) is 9.32. The number of carbonyl (C=O) groups is 1. The average molecular weight is 354 g/mol. The summed E-state index contributed by atoms with van der Waals surface area (Å²) in [6.45, 7) is 4.05. The van der Waals surface area contributed by atoms with Crippen molar-refractivity contribution in [3.8, 4) is 0 Å². The maximum absolute atomic E-state index is 13.0. The van der Waals surface area contributed by atoms with Crippen molar-refractivity contribution in [2.24, 2.45) is 17.8 Å². The first-order valence-electron chi connectivity index (χ1n) is 10.3. The number of rotatable bonds is 3. The van der Waals surface area contributed by atoms with Gasteiger partial charge in [0.05, 0.1) is 0 Å². The minimum Gasteiger partial charge on any atom is -0.354 e. The van der Waals surface area contributed by atoms with E-state index in [4.69, 9.17) is 4.98 Å². The van der Waals surface area contributed by atoms with Crippen LogP contribution in [0.2, 0.25) is 0 Å². The number of anilines is 1. The number of nitrogens with zero attached hydrogens (tertiary/aromatic N) is 3. The Bertz CT molecular complexity index is 660. The highest BCUT2D eigenvalue weighted by molar-refractivity contribution is 5.93. The van der Waals surface area contributed by atoms with Crippen LogP contribution in [0.25, 0.3) is 0 Å². The van der Waals surface area contributed by atoms with E-state index in [2.05, 4.69) is 22.2 Å². The summed E-state index contributed by atoms with van der Waals surface area (Å²) in [6, 6.07) is 5.89. The number of amides is 1. The predicted octanol–water partition coefficient (Wildman–Crippen LogP) is 2.53. The molecule has 5 nitrogen and oxygen atoms in total. The second kappa shape index (κ2) is 6.22. The Balaban J connectivity index is 1.31. The molecular formula is C21H30N4O. The lowest BCUT2D eigenvalue weighted by molar-refractivity contribution is -0.0167. The lowest BCUT2D eigenvalue weighted by Crippen LogP contribution is -2.59. The fourth-order valence-electron chi connectivity index (χ4n) is 6.33. The van der Waals surface area contributed by atoms with E-state index < -0.39 is 0 Å². The minimum absolute atomic E-state index is 0.0305. The van der Waals surface area contributed by atoms with Gasteiger partial charge < -0.3 is 15.1 Å². The van der Waals surface area contributed by atoms with Crippen LogP contribution in [0.4, 0.5) is 5.82 Å². The highest BCUT2D eigenvalue weighted by Crippen LogP contribution is 2.55. The molecule has 140 valence electrons. The van der Waals surface area contributed by atoms with Crippen molar-refractivity contribution in [1.82, 2.24) is 15.2 Å². The molecule has 1 aliphatic heterocycles. The molecule has 5 aliphatic rings. The summed E-state index contributed by atoms with van der Waals surface area (Å²) in [7, 11) is 2.15. The first-order chi connectivity index (χ1) is 12.6. The molecule has 2 heterocycles. The summed E-state index contributed by atoms with van der Waals surface area (Å²) >= 11 is 0. The van der Waals surface area contributed by atoms with E-state index in [-0.39, 0.29) is 11.4 Å². The van der Waals surface area contributed by atoms with Gasteiger partial charge in [-0.15, -0.1) is 0 Å². The molecule has 5 fully saturated rings. The van der Waals surface area contributed by atoms with Gasteiger partial charge in [0.2, 0.25) is 0 Å². The van der Waals surface area contributed by atoms with Crippen LogP contribution in [0.3, 0.4) is 0 Å². The Hall–Kier alpha value is -1.62. The first kappa shape index (κ1) is 16.5. The molecule has 4 bridgehead atoms. The van der Waals surface area contributed by atoms with Crippen LogP contribution < -0.4 is 10.2 Å². The van der Waals surface area contributed by atoms with E-state index in [9.17, 15) is 4.79 Å². The lowest BCUT2D eigenvalue weighted by Gasteiger charge is -2.56. The standard InChI is InChI=1S/C21H30N4O/c1-24-5-7-25(8-6-24)19-4-2-3-18(22-19)20(26)23-21-12-15-9-16(13-21)11-17(10-15)14-21/h2-4,15-17H,5-14H2,1H3,(H,23,26). The van der Waals surface area contributed by atoms with Crippen molar-refractivity contribution in [3.63, 3.8) is 0 Å². The molecule has 4 aliphatic carbocycles. The Morgan fingerprint density at radius 2 is 1.65 bits per heavy atom. The van der Waals surface area contributed by atoms with Gasteiger partial charge in [0.15, 0.2) is 0 Å². The van der Waals surface area contributed by atoms with Gasteiger partial charge >= 0.3 is 0 Å². The van der Waals surface area contributed by atoms with Crippen molar-refractivity contribution < 1.29 is 4.79 Å². The van der Waals surface area contributed by atoms with Crippen molar-refractivity contribution in [2.75, 3.05) is 38.1 Å². The van der Waals surface area contributed by atoms with Crippen LogP contribution in [-0.2, 0) is 0 Å². The molecule has 0 unspecified atom stereocenters. The zero-order valence-electron chi connectivity index (χ0n) is 15.8.